The fourth-order valence-corrected chi connectivity index (χ4v) is 3.58. The van der Waals surface area contributed by atoms with E-state index in [9.17, 15) is 4.79 Å². The molecule has 0 radical (unpaired) electrons. The molecule has 2 N–H and O–H groups in total. The molecule has 0 unspecified atom stereocenters. The Hall–Kier alpha value is -3.48. The predicted octanol–water partition coefficient (Wildman–Crippen LogP) is 3.58. The minimum Gasteiger partial charge on any atom is -0.493 e. The first-order valence-electron chi connectivity index (χ1n) is 9.55. The lowest BCUT2D eigenvalue weighted by atomic mass is 10.0. The van der Waals surface area contributed by atoms with Crippen molar-refractivity contribution >= 4 is 22.6 Å². The summed E-state index contributed by atoms with van der Waals surface area (Å²) in [6.07, 6.45) is 6.71. The molecule has 0 bridgehead atoms. The second-order valence-electron chi connectivity index (χ2n) is 6.88. The van der Waals surface area contributed by atoms with E-state index >= 15 is 0 Å². The van der Waals surface area contributed by atoms with Gasteiger partial charge in [0.25, 0.3) is 0 Å². The van der Waals surface area contributed by atoms with Gasteiger partial charge in [0.2, 0.25) is 0 Å². The van der Waals surface area contributed by atoms with E-state index in [4.69, 9.17) is 9.47 Å². The Morgan fingerprint density at radius 3 is 2.86 bits per heavy atom. The maximum atomic E-state index is 12.6. The fraction of sp³-hybridized carbons (Fsp3) is 0.273. The molecule has 7 nitrogen and oxygen atoms in total. The first-order chi connectivity index (χ1) is 14.2. The Kier molecular flexibility index (Phi) is 5.37. The van der Waals surface area contributed by atoms with Crippen molar-refractivity contribution in [3.8, 4) is 11.5 Å². The molecular weight excluding hydrogens is 368 g/mol. The Morgan fingerprint density at radius 2 is 2.10 bits per heavy atom. The summed E-state index contributed by atoms with van der Waals surface area (Å²) in [6.45, 7) is 1.67. The summed E-state index contributed by atoms with van der Waals surface area (Å²) in [5, 5.41) is 2.98. The lowest BCUT2D eigenvalue weighted by Crippen LogP contribution is -2.41. The van der Waals surface area contributed by atoms with Crippen molar-refractivity contribution in [2.75, 3.05) is 27.3 Å². The van der Waals surface area contributed by atoms with Crippen LogP contribution in [0.25, 0.3) is 16.6 Å². The second-order valence-corrected chi connectivity index (χ2v) is 6.88. The number of benzene rings is 1. The number of H-pyrrole nitrogens is 1. The Morgan fingerprint density at radius 1 is 1.24 bits per heavy atom. The average Bonchev–Trinajstić information content (AvgIpc) is 3.21. The van der Waals surface area contributed by atoms with Crippen molar-refractivity contribution in [3.05, 3.63) is 59.9 Å². The number of nitrogens with zero attached hydrogens (tertiary/aromatic N) is 2. The highest BCUT2D eigenvalue weighted by Crippen LogP contribution is 2.29. The maximum Gasteiger partial charge on any atom is 0.317 e. The zero-order valence-electron chi connectivity index (χ0n) is 16.6. The molecule has 1 aliphatic rings. The third kappa shape index (κ3) is 3.89. The number of rotatable bonds is 5. The predicted molar refractivity (Wildman–Crippen MR) is 112 cm³/mol. The number of hydrogen-bond acceptors (Lipinski definition) is 4. The standard InChI is InChI=1S/C22H24N4O3/c1-28-19-6-5-15(12-20(19)29-2)13-25-22(27)26-10-7-16(8-11-26)17-14-24-18-4-3-9-23-21(17)18/h3-7,9,12,14,24H,8,10-11,13H2,1-2H3,(H,25,27). The van der Waals surface area contributed by atoms with Crippen molar-refractivity contribution in [1.29, 1.82) is 0 Å². The highest BCUT2D eigenvalue weighted by Gasteiger charge is 2.19. The molecule has 1 aliphatic heterocycles. The van der Waals surface area contributed by atoms with Crippen LogP contribution in [0.15, 0.2) is 48.8 Å². The van der Waals surface area contributed by atoms with Crippen LogP contribution < -0.4 is 14.8 Å². The Labute approximate surface area is 169 Å². The number of amides is 2. The van der Waals surface area contributed by atoms with E-state index in [-0.39, 0.29) is 6.03 Å². The number of aromatic nitrogens is 2. The molecule has 0 saturated heterocycles. The van der Waals surface area contributed by atoms with Gasteiger partial charge < -0.3 is 24.7 Å². The summed E-state index contributed by atoms with van der Waals surface area (Å²) in [6, 6.07) is 9.49. The van der Waals surface area contributed by atoms with Gasteiger partial charge in [-0.3, -0.25) is 4.98 Å². The fourth-order valence-electron chi connectivity index (χ4n) is 3.58. The number of pyridine rings is 1. The molecule has 1 aromatic carbocycles. The zero-order chi connectivity index (χ0) is 20.2. The summed E-state index contributed by atoms with van der Waals surface area (Å²) in [5.41, 5.74) is 5.29. The van der Waals surface area contributed by atoms with Gasteiger partial charge in [0, 0.05) is 37.6 Å². The SMILES string of the molecule is COc1ccc(CNC(=O)N2CC=C(c3c[nH]c4cccnc34)CC2)cc1OC. The number of methoxy groups -OCH3 is 2. The van der Waals surface area contributed by atoms with Crippen molar-refractivity contribution in [1.82, 2.24) is 20.2 Å². The highest BCUT2D eigenvalue weighted by atomic mass is 16.5. The molecule has 0 atom stereocenters. The number of nitrogens with one attached hydrogen (secondary N) is 2. The number of fused-ring (bicyclic) bond motifs is 1. The number of ether oxygens (including phenoxy) is 2. The van der Waals surface area contributed by atoms with Gasteiger partial charge in [-0.15, -0.1) is 0 Å². The van der Waals surface area contributed by atoms with Crippen LogP contribution >= 0.6 is 0 Å². The van der Waals surface area contributed by atoms with Gasteiger partial charge in [-0.2, -0.15) is 0 Å². The molecule has 0 fully saturated rings. The average molecular weight is 392 g/mol. The van der Waals surface area contributed by atoms with Gasteiger partial charge in [-0.05, 0) is 41.8 Å². The van der Waals surface area contributed by atoms with Crippen LogP contribution in [-0.4, -0.2) is 48.2 Å². The number of carbonyl (C=O) groups excluding carboxylic acids is 1. The van der Waals surface area contributed by atoms with E-state index in [1.54, 1.807) is 20.4 Å². The van der Waals surface area contributed by atoms with Crippen LogP contribution in [-0.2, 0) is 6.54 Å². The van der Waals surface area contributed by atoms with Gasteiger partial charge in [-0.25, -0.2) is 4.79 Å². The summed E-state index contributed by atoms with van der Waals surface area (Å²) < 4.78 is 10.6. The largest absolute Gasteiger partial charge is 0.493 e. The third-order valence-corrected chi connectivity index (χ3v) is 5.17. The molecule has 0 spiro atoms. The molecule has 29 heavy (non-hydrogen) atoms. The summed E-state index contributed by atoms with van der Waals surface area (Å²) in [5.74, 6) is 1.32. The minimum atomic E-state index is -0.0767. The van der Waals surface area contributed by atoms with Gasteiger partial charge in [0.05, 0.1) is 25.3 Å². The van der Waals surface area contributed by atoms with Crippen molar-refractivity contribution < 1.29 is 14.3 Å². The van der Waals surface area contributed by atoms with E-state index in [2.05, 4.69) is 21.4 Å². The Balaban J connectivity index is 1.38. The van der Waals surface area contributed by atoms with Crippen molar-refractivity contribution in [2.24, 2.45) is 0 Å². The molecule has 150 valence electrons. The van der Waals surface area contributed by atoms with E-state index in [1.807, 2.05) is 41.4 Å². The second kappa shape index (κ2) is 8.26. The summed E-state index contributed by atoms with van der Waals surface area (Å²) in [7, 11) is 3.20. The quantitative estimate of drug-likeness (QED) is 0.696. The normalized spacial score (nSPS) is 13.9. The first-order valence-corrected chi connectivity index (χ1v) is 9.55. The van der Waals surface area contributed by atoms with Crippen molar-refractivity contribution in [3.63, 3.8) is 0 Å². The first kappa shape index (κ1) is 18.9. The van der Waals surface area contributed by atoms with Crippen LogP contribution in [0.3, 0.4) is 0 Å². The molecule has 0 saturated carbocycles. The smallest absolute Gasteiger partial charge is 0.317 e. The molecule has 2 amide bonds. The lowest BCUT2D eigenvalue weighted by Gasteiger charge is -2.26. The zero-order valence-corrected chi connectivity index (χ0v) is 16.6. The summed E-state index contributed by atoms with van der Waals surface area (Å²) >= 11 is 0. The third-order valence-electron chi connectivity index (χ3n) is 5.17. The molecule has 4 rings (SSSR count). The topological polar surface area (TPSA) is 79.5 Å². The number of carbonyl (C=O) groups is 1. The van der Waals surface area contributed by atoms with Crippen LogP contribution in [0.1, 0.15) is 17.5 Å². The van der Waals surface area contributed by atoms with E-state index in [0.29, 0.717) is 31.1 Å². The van der Waals surface area contributed by atoms with Gasteiger partial charge in [-0.1, -0.05) is 12.1 Å². The van der Waals surface area contributed by atoms with Gasteiger partial charge >= 0.3 is 6.03 Å². The monoisotopic (exact) mass is 392 g/mol. The minimum absolute atomic E-state index is 0.0767. The molecule has 2 aromatic heterocycles. The molecular formula is C22H24N4O3. The maximum absolute atomic E-state index is 12.6. The van der Waals surface area contributed by atoms with Crippen LogP contribution in [0.2, 0.25) is 0 Å². The lowest BCUT2D eigenvalue weighted by molar-refractivity contribution is 0.202. The highest BCUT2D eigenvalue weighted by molar-refractivity contribution is 5.90. The molecule has 7 heteroatoms. The Bertz CT molecular complexity index is 1060. The number of hydrogen-bond donors (Lipinski definition) is 2. The summed E-state index contributed by atoms with van der Waals surface area (Å²) in [4.78, 5) is 22.1. The number of aromatic amines is 1. The van der Waals surface area contributed by atoms with Crippen LogP contribution in [0.4, 0.5) is 4.79 Å². The van der Waals surface area contributed by atoms with E-state index < -0.39 is 0 Å². The van der Waals surface area contributed by atoms with E-state index in [1.165, 1.54) is 5.57 Å². The molecule has 3 heterocycles. The molecule has 0 aliphatic carbocycles. The van der Waals surface area contributed by atoms with E-state index in [0.717, 1.165) is 28.6 Å². The van der Waals surface area contributed by atoms with Crippen molar-refractivity contribution in [2.45, 2.75) is 13.0 Å². The van der Waals surface area contributed by atoms with Crippen LogP contribution in [0, 0.1) is 0 Å². The van der Waals surface area contributed by atoms with Gasteiger partial charge in [0.15, 0.2) is 11.5 Å². The van der Waals surface area contributed by atoms with Crippen LogP contribution in [0.5, 0.6) is 11.5 Å². The van der Waals surface area contributed by atoms with Gasteiger partial charge in [0.1, 0.15) is 0 Å². The molecule has 3 aromatic rings. The number of urea groups is 1.